The van der Waals surface area contributed by atoms with Crippen LogP contribution in [0.4, 0.5) is 5.69 Å². The maximum Gasteiger partial charge on any atom is 0.241 e. The van der Waals surface area contributed by atoms with E-state index in [1.807, 2.05) is 54.3 Å². The Bertz CT molecular complexity index is 692. The van der Waals surface area contributed by atoms with E-state index in [-0.39, 0.29) is 16.5 Å². The summed E-state index contributed by atoms with van der Waals surface area (Å²) in [4.78, 5) is 14.6. The minimum absolute atomic E-state index is 0.0281. The Hall–Kier alpha value is -1.16. The topological polar surface area (TPSA) is 20.3 Å². The first-order valence-electron chi connectivity index (χ1n) is 7.10. The fourth-order valence-corrected chi connectivity index (χ4v) is 4.25. The molecule has 2 aromatic carbocycles. The lowest BCUT2D eigenvalue weighted by molar-refractivity contribution is -0.117. The van der Waals surface area contributed by atoms with E-state index >= 15 is 0 Å². The van der Waals surface area contributed by atoms with Crippen molar-refractivity contribution in [2.45, 2.75) is 24.0 Å². The van der Waals surface area contributed by atoms with Crippen molar-refractivity contribution in [2.24, 2.45) is 0 Å². The first kappa shape index (κ1) is 15.7. The largest absolute Gasteiger partial charge is 0.295 e. The van der Waals surface area contributed by atoms with Crippen molar-refractivity contribution < 1.29 is 4.79 Å². The highest BCUT2D eigenvalue weighted by atomic mass is 35.5. The number of hydrogen-bond donors (Lipinski definition) is 0. The van der Waals surface area contributed by atoms with Gasteiger partial charge >= 0.3 is 0 Å². The predicted octanol–water partition coefficient (Wildman–Crippen LogP) is 5.55. The second-order valence-corrected chi connectivity index (χ2v) is 7.20. The monoisotopic (exact) mass is 351 g/mol. The van der Waals surface area contributed by atoms with E-state index < -0.39 is 0 Å². The zero-order valence-electron chi connectivity index (χ0n) is 12.0. The molecule has 0 N–H and O–H groups in total. The molecule has 22 heavy (non-hydrogen) atoms. The van der Waals surface area contributed by atoms with Crippen LogP contribution >= 0.6 is 35.0 Å². The average molecular weight is 352 g/mol. The lowest BCUT2D eigenvalue weighted by Gasteiger charge is -2.24. The molecule has 3 rings (SSSR count). The van der Waals surface area contributed by atoms with Crippen LogP contribution in [-0.4, -0.2) is 11.2 Å². The van der Waals surface area contributed by atoms with E-state index in [4.69, 9.17) is 23.2 Å². The van der Waals surface area contributed by atoms with E-state index in [9.17, 15) is 4.79 Å². The third-order valence-electron chi connectivity index (χ3n) is 3.67. The highest BCUT2D eigenvalue weighted by Crippen LogP contribution is 2.47. The smallest absolute Gasteiger partial charge is 0.241 e. The summed E-state index contributed by atoms with van der Waals surface area (Å²) in [5.74, 6) is 0.148. The van der Waals surface area contributed by atoms with E-state index in [0.717, 1.165) is 17.7 Å². The van der Waals surface area contributed by atoms with Gasteiger partial charge in [-0.15, -0.1) is 11.8 Å². The van der Waals surface area contributed by atoms with Gasteiger partial charge in [-0.05, 0) is 36.2 Å². The highest BCUT2D eigenvalue weighted by Gasteiger charge is 2.40. The molecule has 0 bridgehead atoms. The molecule has 0 aromatic heterocycles. The lowest BCUT2D eigenvalue weighted by Crippen LogP contribution is -2.30. The second kappa shape index (κ2) is 6.53. The molecule has 0 aliphatic carbocycles. The second-order valence-electron chi connectivity index (χ2n) is 5.10. The third kappa shape index (κ3) is 2.85. The van der Waals surface area contributed by atoms with Crippen LogP contribution in [0.5, 0.6) is 0 Å². The molecule has 1 amide bonds. The maximum atomic E-state index is 12.7. The highest BCUT2D eigenvalue weighted by molar-refractivity contribution is 8.01. The minimum atomic E-state index is -0.0744. The van der Waals surface area contributed by atoms with Crippen LogP contribution < -0.4 is 4.90 Å². The standard InChI is InChI=1S/C17H15Cl2NOS/c1-2-15-16(21)20(12-6-4-3-5-7-12)17(22-15)11-8-9-13(18)14(19)10-11/h3-10,15,17H,2H2,1H3. The van der Waals surface area contributed by atoms with Crippen LogP contribution in [0.2, 0.25) is 10.0 Å². The Morgan fingerprint density at radius 2 is 1.82 bits per heavy atom. The summed E-state index contributed by atoms with van der Waals surface area (Å²) >= 11 is 13.8. The molecule has 2 atom stereocenters. The summed E-state index contributed by atoms with van der Waals surface area (Å²) in [6, 6.07) is 15.3. The molecule has 2 unspecified atom stereocenters. The Labute approximate surface area is 144 Å². The Morgan fingerprint density at radius 3 is 2.45 bits per heavy atom. The number of amides is 1. The molecular formula is C17H15Cl2NOS. The lowest BCUT2D eigenvalue weighted by atomic mass is 10.1. The quantitative estimate of drug-likeness (QED) is 0.722. The molecule has 1 aliphatic rings. The van der Waals surface area contributed by atoms with E-state index in [2.05, 4.69) is 0 Å². The van der Waals surface area contributed by atoms with Crippen molar-refractivity contribution in [1.82, 2.24) is 0 Å². The molecule has 114 valence electrons. The number of thioether (sulfide) groups is 1. The Morgan fingerprint density at radius 1 is 1.09 bits per heavy atom. The number of anilines is 1. The van der Waals surface area contributed by atoms with Crippen LogP contribution in [0.1, 0.15) is 24.3 Å². The average Bonchev–Trinajstić information content (AvgIpc) is 2.87. The molecular weight excluding hydrogens is 337 g/mol. The number of rotatable bonds is 3. The van der Waals surface area contributed by atoms with Gasteiger partial charge in [-0.3, -0.25) is 9.69 Å². The van der Waals surface area contributed by atoms with Gasteiger partial charge in [-0.1, -0.05) is 54.4 Å². The van der Waals surface area contributed by atoms with Crippen LogP contribution in [0, 0.1) is 0 Å². The molecule has 2 nitrogen and oxygen atoms in total. The number of halogens is 2. The molecule has 5 heteroatoms. The van der Waals surface area contributed by atoms with E-state index in [1.165, 1.54) is 0 Å². The zero-order chi connectivity index (χ0) is 15.7. The number of carbonyl (C=O) groups is 1. The van der Waals surface area contributed by atoms with Crippen molar-refractivity contribution in [3.63, 3.8) is 0 Å². The van der Waals surface area contributed by atoms with Gasteiger partial charge in [-0.25, -0.2) is 0 Å². The van der Waals surface area contributed by atoms with Crippen molar-refractivity contribution >= 4 is 46.6 Å². The Kier molecular flexibility index (Phi) is 4.67. The number of benzene rings is 2. The number of hydrogen-bond acceptors (Lipinski definition) is 2. The molecule has 0 saturated carbocycles. The molecule has 2 aromatic rings. The molecule has 1 fully saturated rings. The minimum Gasteiger partial charge on any atom is -0.295 e. The van der Waals surface area contributed by atoms with Crippen molar-refractivity contribution in [1.29, 1.82) is 0 Å². The first-order chi connectivity index (χ1) is 10.6. The van der Waals surface area contributed by atoms with Gasteiger partial charge in [0.15, 0.2) is 0 Å². The number of carbonyl (C=O) groups excluding carboxylic acids is 1. The first-order valence-corrected chi connectivity index (χ1v) is 8.80. The van der Waals surface area contributed by atoms with Gasteiger partial charge in [0.1, 0.15) is 5.37 Å². The maximum absolute atomic E-state index is 12.7. The fourth-order valence-electron chi connectivity index (χ4n) is 2.56. The molecule has 0 spiro atoms. The summed E-state index contributed by atoms with van der Waals surface area (Å²) in [6.07, 6.45) is 0.810. The van der Waals surface area contributed by atoms with Crippen molar-refractivity contribution in [3.8, 4) is 0 Å². The predicted molar refractivity (Wildman–Crippen MR) is 94.8 cm³/mol. The van der Waals surface area contributed by atoms with Crippen LogP contribution in [0.15, 0.2) is 48.5 Å². The normalized spacial score (nSPS) is 21.4. The molecule has 1 saturated heterocycles. The van der Waals surface area contributed by atoms with Crippen molar-refractivity contribution in [2.75, 3.05) is 4.90 Å². The zero-order valence-corrected chi connectivity index (χ0v) is 14.3. The Balaban J connectivity index is 2.03. The van der Waals surface area contributed by atoms with Gasteiger partial charge < -0.3 is 0 Å². The van der Waals surface area contributed by atoms with Gasteiger partial charge in [0.25, 0.3) is 0 Å². The van der Waals surface area contributed by atoms with E-state index in [0.29, 0.717) is 10.0 Å². The number of para-hydroxylation sites is 1. The molecule has 1 heterocycles. The number of nitrogens with zero attached hydrogens (tertiary/aromatic N) is 1. The van der Waals surface area contributed by atoms with Crippen molar-refractivity contribution in [3.05, 3.63) is 64.1 Å². The molecule has 0 radical (unpaired) electrons. The van der Waals surface area contributed by atoms with Gasteiger partial charge in [0, 0.05) is 5.69 Å². The fraction of sp³-hybridized carbons (Fsp3) is 0.235. The van der Waals surface area contributed by atoms with Crippen LogP contribution in [-0.2, 0) is 4.79 Å². The SMILES string of the molecule is CCC1SC(c2ccc(Cl)c(Cl)c2)N(c2ccccc2)C1=O. The van der Waals surface area contributed by atoms with Gasteiger partial charge in [0.2, 0.25) is 5.91 Å². The van der Waals surface area contributed by atoms with Crippen LogP contribution in [0.3, 0.4) is 0 Å². The third-order valence-corrected chi connectivity index (χ3v) is 6.02. The summed E-state index contributed by atoms with van der Waals surface area (Å²) in [5, 5.41) is 0.937. The summed E-state index contributed by atoms with van der Waals surface area (Å²) in [5.41, 5.74) is 1.90. The summed E-state index contributed by atoms with van der Waals surface area (Å²) in [7, 11) is 0. The van der Waals surface area contributed by atoms with Gasteiger partial charge in [0.05, 0.1) is 15.3 Å². The van der Waals surface area contributed by atoms with E-state index in [1.54, 1.807) is 17.8 Å². The summed E-state index contributed by atoms with van der Waals surface area (Å²) < 4.78 is 0. The molecule has 1 aliphatic heterocycles. The summed E-state index contributed by atoms with van der Waals surface area (Å²) in [6.45, 7) is 2.04. The van der Waals surface area contributed by atoms with Crippen LogP contribution in [0.25, 0.3) is 0 Å². The van der Waals surface area contributed by atoms with Gasteiger partial charge in [-0.2, -0.15) is 0 Å².